The van der Waals surface area contributed by atoms with E-state index >= 15 is 0 Å². The monoisotopic (exact) mass is 304 g/mol. The van der Waals surface area contributed by atoms with Gasteiger partial charge in [0.2, 0.25) is 0 Å². The molecule has 2 rings (SSSR count). The maximum atomic E-state index is 12.2. The summed E-state index contributed by atoms with van der Waals surface area (Å²) in [4.78, 5) is 12.2. The fraction of sp³-hybridized carbons (Fsp3) is 0.375. The molecule has 0 aliphatic rings. The van der Waals surface area contributed by atoms with E-state index in [1.165, 1.54) is 4.68 Å². The fourth-order valence-corrected chi connectivity index (χ4v) is 2.19. The predicted molar refractivity (Wildman–Crippen MR) is 83.0 cm³/mol. The number of nitrogens with zero attached hydrogens (tertiary/aromatic N) is 2. The third kappa shape index (κ3) is 3.35. The number of methoxy groups -OCH3 is 2. The third-order valence-electron chi connectivity index (χ3n) is 3.36. The molecule has 0 aliphatic carbocycles. The molecule has 0 unspecified atom stereocenters. The van der Waals surface area contributed by atoms with Gasteiger partial charge in [0.15, 0.2) is 0 Å². The highest BCUT2D eigenvalue weighted by molar-refractivity contribution is 5.68. The molecule has 0 saturated carbocycles. The zero-order chi connectivity index (χ0) is 16.1. The standard InChI is InChI=1S/C16H20N2O4/c1-11-4-5-15(22-3)13(8-11)14-9-12(10-19)16(20)18(17-14)6-7-21-2/h4-5,8-9,19H,6-7,10H2,1-3H3. The Morgan fingerprint density at radius 3 is 2.68 bits per heavy atom. The number of aromatic nitrogens is 2. The fourth-order valence-electron chi connectivity index (χ4n) is 2.19. The molecule has 1 heterocycles. The third-order valence-corrected chi connectivity index (χ3v) is 3.36. The van der Waals surface area contributed by atoms with Crippen molar-refractivity contribution in [2.75, 3.05) is 20.8 Å². The minimum Gasteiger partial charge on any atom is -0.496 e. The number of aliphatic hydroxyl groups excluding tert-OH is 1. The molecule has 22 heavy (non-hydrogen) atoms. The molecule has 0 radical (unpaired) electrons. The summed E-state index contributed by atoms with van der Waals surface area (Å²) in [5.41, 5.74) is 2.40. The second-order valence-electron chi connectivity index (χ2n) is 4.94. The molecule has 118 valence electrons. The Morgan fingerprint density at radius 2 is 2.05 bits per heavy atom. The smallest absolute Gasteiger partial charge is 0.272 e. The molecule has 6 nitrogen and oxygen atoms in total. The number of rotatable bonds is 6. The Labute approximate surface area is 128 Å². The Balaban J connectivity index is 2.60. The zero-order valence-electron chi connectivity index (χ0n) is 13.0. The first-order valence-corrected chi connectivity index (χ1v) is 6.96. The number of hydrogen-bond donors (Lipinski definition) is 1. The van der Waals surface area contributed by atoms with E-state index in [1.807, 2.05) is 25.1 Å². The van der Waals surface area contributed by atoms with Crippen molar-refractivity contribution in [3.63, 3.8) is 0 Å². The molecule has 1 aromatic carbocycles. The van der Waals surface area contributed by atoms with Gasteiger partial charge in [0.05, 0.1) is 32.6 Å². The molecular weight excluding hydrogens is 284 g/mol. The normalized spacial score (nSPS) is 10.7. The molecule has 0 spiro atoms. The minimum atomic E-state index is -0.338. The average Bonchev–Trinajstić information content (AvgIpc) is 2.53. The van der Waals surface area contributed by atoms with Gasteiger partial charge >= 0.3 is 0 Å². The van der Waals surface area contributed by atoms with Crippen LogP contribution in [0.5, 0.6) is 5.75 Å². The van der Waals surface area contributed by atoms with Crippen molar-refractivity contribution in [1.82, 2.24) is 9.78 Å². The van der Waals surface area contributed by atoms with Gasteiger partial charge in [-0.2, -0.15) is 5.10 Å². The van der Waals surface area contributed by atoms with E-state index in [1.54, 1.807) is 20.3 Å². The first-order chi connectivity index (χ1) is 10.6. The van der Waals surface area contributed by atoms with Crippen LogP contribution in [0, 0.1) is 6.92 Å². The second kappa shape index (κ2) is 7.20. The summed E-state index contributed by atoms with van der Waals surface area (Å²) < 4.78 is 11.7. The first-order valence-electron chi connectivity index (χ1n) is 6.96. The summed E-state index contributed by atoms with van der Waals surface area (Å²) in [6, 6.07) is 7.34. The van der Waals surface area contributed by atoms with Gasteiger partial charge < -0.3 is 14.6 Å². The summed E-state index contributed by atoms with van der Waals surface area (Å²) in [5.74, 6) is 0.666. The number of aryl methyl sites for hydroxylation is 1. The van der Waals surface area contributed by atoms with Gasteiger partial charge in [-0.1, -0.05) is 11.6 Å². The lowest BCUT2D eigenvalue weighted by atomic mass is 10.1. The second-order valence-corrected chi connectivity index (χ2v) is 4.94. The van der Waals surface area contributed by atoms with Crippen LogP contribution in [0.25, 0.3) is 11.3 Å². The van der Waals surface area contributed by atoms with Crippen LogP contribution in [0.3, 0.4) is 0 Å². The predicted octanol–water partition coefficient (Wildman–Crippen LogP) is 1.37. The van der Waals surface area contributed by atoms with Crippen LogP contribution in [0.1, 0.15) is 11.1 Å². The van der Waals surface area contributed by atoms with Crippen LogP contribution in [0.15, 0.2) is 29.1 Å². The van der Waals surface area contributed by atoms with E-state index < -0.39 is 0 Å². The average molecular weight is 304 g/mol. The largest absolute Gasteiger partial charge is 0.496 e. The van der Waals surface area contributed by atoms with E-state index in [2.05, 4.69) is 5.10 Å². The quantitative estimate of drug-likeness (QED) is 0.872. The van der Waals surface area contributed by atoms with E-state index in [4.69, 9.17) is 9.47 Å². The summed E-state index contributed by atoms with van der Waals surface area (Å²) in [6.07, 6.45) is 0. The Kier molecular flexibility index (Phi) is 5.30. The highest BCUT2D eigenvalue weighted by Crippen LogP contribution is 2.29. The van der Waals surface area contributed by atoms with Crippen LogP contribution < -0.4 is 10.3 Å². The lowest BCUT2D eigenvalue weighted by molar-refractivity contribution is 0.181. The van der Waals surface area contributed by atoms with Gasteiger partial charge in [-0.25, -0.2) is 4.68 Å². The molecule has 2 aromatic rings. The van der Waals surface area contributed by atoms with Crippen LogP contribution in [0.2, 0.25) is 0 Å². The molecule has 0 saturated heterocycles. The van der Waals surface area contributed by atoms with Crippen LogP contribution in [-0.2, 0) is 17.9 Å². The SMILES string of the molecule is COCCn1nc(-c2cc(C)ccc2OC)cc(CO)c1=O. The van der Waals surface area contributed by atoms with E-state index in [0.717, 1.165) is 11.1 Å². The molecule has 1 N–H and O–H groups in total. The van der Waals surface area contributed by atoms with Gasteiger partial charge in [-0.05, 0) is 25.1 Å². The van der Waals surface area contributed by atoms with Crippen LogP contribution in [0.4, 0.5) is 0 Å². The highest BCUT2D eigenvalue weighted by atomic mass is 16.5. The lowest BCUT2D eigenvalue weighted by Crippen LogP contribution is -2.28. The summed E-state index contributed by atoms with van der Waals surface area (Å²) in [6.45, 7) is 2.32. The molecule has 0 fully saturated rings. The van der Waals surface area contributed by atoms with Crippen molar-refractivity contribution in [2.45, 2.75) is 20.1 Å². The van der Waals surface area contributed by atoms with E-state index in [-0.39, 0.29) is 12.2 Å². The van der Waals surface area contributed by atoms with E-state index in [0.29, 0.717) is 30.2 Å². The van der Waals surface area contributed by atoms with E-state index in [9.17, 15) is 9.90 Å². The van der Waals surface area contributed by atoms with Gasteiger partial charge in [0.1, 0.15) is 5.75 Å². The van der Waals surface area contributed by atoms with Gasteiger partial charge in [-0.3, -0.25) is 4.79 Å². The molecule has 0 aliphatic heterocycles. The number of benzene rings is 1. The van der Waals surface area contributed by atoms with Crippen molar-refractivity contribution < 1.29 is 14.6 Å². The van der Waals surface area contributed by atoms with Crippen molar-refractivity contribution >= 4 is 0 Å². The first kappa shape index (κ1) is 16.2. The molecule has 0 amide bonds. The van der Waals surface area contributed by atoms with Crippen molar-refractivity contribution in [3.8, 4) is 17.0 Å². The lowest BCUT2D eigenvalue weighted by Gasteiger charge is -2.12. The highest BCUT2D eigenvalue weighted by Gasteiger charge is 2.13. The summed E-state index contributed by atoms with van der Waals surface area (Å²) >= 11 is 0. The maximum absolute atomic E-state index is 12.2. The zero-order valence-corrected chi connectivity index (χ0v) is 13.0. The topological polar surface area (TPSA) is 73.6 Å². The Hall–Kier alpha value is -2.18. The number of ether oxygens (including phenoxy) is 2. The molecule has 0 atom stereocenters. The van der Waals surface area contributed by atoms with Gasteiger partial charge in [-0.15, -0.1) is 0 Å². The molecular formula is C16H20N2O4. The van der Waals surface area contributed by atoms with Gasteiger partial charge in [0.25, 0.3) is 5.56 Å². The summed E-state index contributed by atoms with van der Waals surface area (Å²) in [7, 11) is 3.15. The molecule has 6 heteroatoms. The maximum Gasteiger partial charge on any atom is 0.272 e. The van der Waals surface area contributed by atoms with Crippen LogP contribution >= 0.6 is 0 Å². The molecule has 1 aromatic heterocycles. The Morgan fingerprint density at radius 1 is 1.27 bits per heavy atom. The number of aliphatic hydroxyl groups is 1. The van der Waals surface area contributed by atoms with Gasteiger partial charge in [0, 0.05) is 18.2 Å². The van der Waals surface area contributed by atoms with Crippen molar-refractivity contribution in [2.24, 2.45) is 0 Å². The number of hydrogen-bond acceptors (Lipinski definition) is 5. The van der Waals surface area contributed by atoms with Crippen molar-refractivity contribution in [3.05, 3.63) is 45.7 Å². The van der Waals surface area contributed by atoms with Crippen molar-refractivity contribution in [1.29, 1.82) is 0 Å². The van der Waals surface area contributed by atoms with Crippen LogP contribution in [-0.4, -0.2) is 35.7 Å². The Bertz CT molecular complexity index is 710. The minimum absolute atomic E-state index is 0.296. The summed E-state index contributed by atoms with van der Waals surface area (Å²) in [5, 5.41) is 13.8. The molecule has 0 bridgehead atoms.